The highest BCUT2D eigenvalue weighted by atomic mass is 31.2. The number of esters is 2. The van der Waals surface area contributed by atoms with Crippen molar-refractivity contribution in [1.82, 2.24) is 0 Å². The van der Waals surface area contributed by atoms with E-state index in [9.17, 15) is 168 Å². The van der Waals surface area contributed by atoms with Crippen LogP contribution < -0.4 is 0 Å². The minimum absolute atomic E-state index is 0.00679. The van der Waals surface area contributed by atoms with Crippen molar-refractivity contribution in [1.29, 1.82) is 0 Å². The van der Waals surface area contributed by atoms with Crippen LogP contribution in [0.4, 0.5) is 149 Å². The van der Waals surface area contributed by atoms with Gasteiger partial charge >= 0.3 is 115 Å². The van der Waals surface area contributed by atoms with Crippen LogP contribution in [0.1, 0.15) is 89.9 Å². The average molecular weight is 1400 g/mol. The largest absolute Gasteiger partial charge is 0.472 e. The maximum absolute atomic E-state index is 14.1. The SMILES string of the molecule is C[N+](C)(C)CCOP(=O)(O)OC[C@H](COC(=O)CCCCCCC/C=C\C(F)(F)C(F)(F)C(F)(F)C(F)(F)C(F)(F)C(F)(F)C(F)(F)C(F)(F)F)OC(=O)CCCCCCC/C=C\C(F)(F)C(F)(F)C(F)(F)C(F)(F)C(F)(F)C(F)(F)C(F)(F)C(F)(F)F. The predicted octanol–water partition coefficient (Wildman–Crippen LogP) is 16.9. The third kappa shape index (κ3) is 18.4. The highest BCUT2D eigenvalue weighted by Crippen LogP contribution is 2.66. The summed E-state index contributed by atoms with van der Waals surface area (Å²) in [5, 5.41) is 0. The number of carbonyl (C=O) groups excluding carboxylic acids is 2. The molecule has 0 aromatic rings. The molecule has 0 radical (unpaired) electrons. The fourth-order valence-corrected chi connectivity index (χ4v) is 7.15. The molecule has 9 nitrogen and oxygen atoms in total. The van der Waals surface area contributed by atoms with Crippen LogP contribution in [0.3, 0.4) is 0 Å². The Kier molecular flexibility index (Phi) is 27.7. The molecule has 1 N–H and O–H groups in total. The monoisotopic (exact) mass is 1400 g/mol. The Morgan fingerprint density at radius 3 is 1.00 bits per heavy atom. The molecule has 0 rings (SSSR count). The fraction of sp³-hybridized carbons (Fsp3) is 0.864. The Balaban J connectivity index is 5.53. The van der Waals surface area contributed by atoms with E-state index in [-0.39, 0.29) is 87.6 Å². The Bertz CT molecular complexity index is 2350. The van der Waals surface area contributed by atoms with Crippen LogP contribution in [0.5, 0.6) is 0 Å². The average Bonchev–Trinajstić information content (AvgIpc) is 0.710. The molecule has 0 aliphatic rings. The van der Waals surface area contributed by atoms with Crippen molar-refractivity contribution in [2.45, 2.75) is 191 Å². The number of rotatable bonds is 40. The lowest BCUT2D eigenvalue weighted by atomic mass is 9.89. The summed E-state index contributed by atoms with van der Waals surface area (Å²) in [6.07, 6.45) is -24.6. The van der Waals surface area contributed by atoms with Gasteiger partial charge in [0.05, 0.1) is 27.7 Å². The number of halogens is 34. The van der Waals surface area contributed by atoms with Gasteiger partial charge in [0.25, 0.3) is 0 Å². The van der Waals surface area contributed by atoms with Crippen LogP contribution in [0.15, 0.2) is 24.3 Å². The van der Waals surface area contributed by atoms with Crippen molar-refractivity contribution in [2.75, 3.05) is 47.5 Å². The molecule has 88 heavy (non-hydrogen) atoms. The summed E-state index contributed by atoms with van der Waals surface area (Å²) in [5.41, 5.74) is 0. The first-order valence-corrected chi connectivity index (χ1v) is 25.8. The van der Waals surface area contributed by atoms with Crippen molar-refractivity contribution in [3.8, 4) is 0 Å². The number of carbonyl (C=O) groups is 2. The number of allylic oxidation sites excluding steroid dienone is 4. The Hall–Kier alpha value is -3.89. The Morgan fingerprint density at radius 1 is 0.398 bits per heavy atom. The topological polar surface area (TPSA) is 108 Å². The van der Waals surface area contributed by atoms with Gasteiger partial charge in [-0.25, -0.2) is 4.57 Å². The van der Waals surface area contributed by atoms with E-state index in [0.717, 1.165) is 0 Å². The van der Waals surface area contributed by atoms with Gasteiger partial charge in [-0.15, -0.1) is 0 Å². The zero-order valence-electron chi connectivity index (χ0n) is 44.7. The second-order valence-electron chi connectivity index (χ2n) is 20.0. The first kappa shape index (κ1) is 84.1. The van der Waals surface area contributed by atoms with Crippen LogP contribution in [0.2, 0.25) is 0 Å². The number of hydrogen-bond acceptors (Lipinski definition) is 7. The van der Waals surface area contributed by atoms with Gasteiger partial charge in [0.15, 0.2) is 6.10 Å². The quantitative estimate of drug-likeness (QED) is 0.0161. The summed E-state index contributed by atoms with van der Waals surface area (Å²) < 4.78 is 490. The van der Waals surface area contributed by atoms with Gasteiger partial charge in [0.1, 0.15) is 19.8 Å². The number of alkyl halides is 34. The molecule has 0 spiro atoms. The smallest absolute Gasteiger partial charge is 0.462 e. The lowest BCUT2D eigenvalue weighted by molar-refractivity contribution is -0.870. The van der Waals surface area contributed by atoms with Gasteiger partial charge in [0.2, 0.25) is 0 Å². The lowest BCUT2D eigenvalue weighted by Crippen LogP contribution is -2.74. The van der Waals surface area contributed by atoms with Crippen molar-refractivity contribution in [2.24, 2.45) is 0 Å². The van der Waals surface area contributed by atoms with E-state index < -0.39 is 179 Å². The van der Waals surface area contributed by atoms with Gasteiger partial charge in [-0.05, 0) is 50.7 Å². The Labute approximate surface area is 474 Å². The molecule has 522 valence electrons. The highest BCUT2D eigenvalue weighted by molar-refractivity contribution is 7.47. The molecule has 0 aliphatic heterocycles. The molecule has 0 amide bonds. The van der Waals surface area contributed by atoms with E-state index in [2.05, 4.69) is 0 Å². The highest BCUT2D eigenvalue weighted by Gasteiger charge is 2.97. The summed E-state index contributed by atoms with van der Waals surface area (Å²) >= 11 is 0. The first-order chi connectivity index (χ1) is 38.8. The lowest BCUT2D eigenvalue weighted by Gasteiger charge is -2.42. The van der Waals surface area contributed by atoms with E-state index >= 15 is 0 Å². The number of hydrogen-bond donors (Lipinski definition) is 1. The summed E-state index contributed by atoms with van der Waals surface area (Å²) in [5.74, 6) is -117. The maximum atomic E-state index is 14.1. The molecule has 0 bridgehead atoms. The van der Waals surface area contributed by atoms with Gasteiger partial charge in [-0.1, -0.05) is 50.7 Å². The molecule has 0 saturated carbocycles. The second-order valence-corrected chi connectivity index (χ2v) is 21.4. The predicted molar refractivity (Wildman–Crippen MR) is 230 cm³/mol. The molecular weight excluding hydrogens is 1350 g/mol. The van der Waals surface area contributed by atoms with Crippen molar-refractivity contribution < 1.29 is 191 Å². The minimum atomic E-state index is -8.79. The van der Waals surface area contributed by atoms with Crippen LogP contribution in [-0.2, 0) is 32.7 Å². The molecule has 0 aromatic carbocycles. The van der Waals surface area contributed by atoms with Gasteiger partial charge < -0.3 is 18.9 Å². The molecule has 0 aromatic heterocycles. The molecule has 0 heterocycles. The number of likely N-dealkylation sites (N-methyl/N-ethyl adjacent to an activating group) is 1. The summed E-state index contributed by atoms with van der Waals surface area (Å²) in [6.45, 7) is -2.20. The van der Waals surface area contributed by atoms with Gasteiger partial charge in [0, 0.05) is 12.8 Å². The summed E-state index contributed by atoms with van der Waals surface area (Å²) in [6, 6.07) is 0. The van der Waals surface area contributed by atoms with Crippen LogP contribution in [-0.4, -0.2) is 170 Å². The number of phosphoric ester groups is 1. The molecule has 2 atom stereocenters. The van der Waals surface area contributed by atoms with Crippen molar-refractivity contribution in [3.05, 3.63) is 24.3 Å². The molecule has 0 fully saturated rings. The van der Waals surface area contributed by atoms with Crippen LogP contribution in [0.25, 0.3) is 0 Å². The van der Waals surface area contributed by atoms with Crippen molar-refractivity contribution >= 4 is 19.8 Å². The Morgan fingerprint density at radius 2 is 0.682 bits per heavy atom. The van der Waals surface area contributed by atoms with E-state index in [1.807, 2.05) is 0 Å². The summed E-state index contributed by atoms with van der Waals surface area (Å²) in [7, 11) is 0.0239. The van der Waals surface area contributed by atoms with Gasteiger partial charge in [-0.2, -0.15) is 149 Å². The van der Waals surface area contributed by atoms with E-state index in [4.69, 9.17) is 18.5 Å². The molecule has 0 aliphatic carbocycles. The number of unbranched alkanes of at least 4 members (excludes halogenated alkanes) is 10. The van der Waals surface area contributed by atoms with E-state index in [1.54, 1.807) is 21.1 Å². The second kappa shape index (κ2) is 29.0. The van der Waals surface area contributed by atoms with Crippen LogP contribution >= 0.6 is 7.82 Å². The zero-order chi connectivity index (χ0) is 70.1. The molecule has 1 unspecified atom stereocenters. The first-order valence-electron chi connectivity index (χ1n) is 24.3. The zero-order valence-corrected chi connectivity index (χ0v) is 45.6. The number of phosphoric acid groups is 1. The van der Waals surface area contributed by atoms with Gasteiger partial charge in [-0.3, -0.25) is 18.6 Å². The van der Waals surface area contributed by atoms with Crippen molar-refractivity contribution in [3.63, 3.8) is 0 Å². The third-order valence-electron chi connectivity index (χ3n) is 11.8. The standard InChI is InChI=1S/C44H50F34NO8P/c1-79(2,3)22-23-85-88(82,83)86-25-26(87-28(81)19-15-11-7-5-9-13-17-21-30(47,48)32(51,52)34(55,56)36(59,60)38(63,64)40(67,68)42(71,72)44(76,77)78)24-84-27(80)18-14-10-6-4-8-12-16-20-29(45,46)31(49,50)33(53,54)35(57,58)37(61,62)39(65,66)41(69,70)43(73,74)75/h16-17,20-21,26H,4-15,18-19,22-25H2,1-3H3/p+1/b20-16-,21-17-/t26-/m0/s1. The minimum Gasteiger partial charge on any atom is -0.462 e. The number of nitrogens with zero attached hydrogens (tertiary/aromatic N) is 1. The number of quaternary nitrogens is 1. The number of ether oxygens (including phenoxy) is 2. The van der Waals surface area contributed by atoms with E-state index in [1.165, 1.54) is 0 Å². The molecular formula is C44H51F34NO8P+. The van der Waals surface area contributed by atoms with E-state index in [0.29, 0.717) is 0 Å². The fourth-order valence-electron chi connectivity index (χ4n) is 6.41. The summed E-state index contributed by atoms with van der Waals surface area (Å²) in [4.78, 5) is 35.0. The molecule has 44 heteroatoms. The maximum Gasteiger partial charge on any atom is 0.472 e. The third-order valence-corrected chi connectivity index (χ3v) is 12.8. The van der Waals surface area contributed by atoms with Crippen LogP contribution in [0, 0.1) is 0 Å². The molecule has 0 saturated heterocycles. The normalized spacial score (nSPS) is 16.4.